The van der Waals surface area contributed by atoms with Gasteiger partial charge in [0.1, 0.15) is 5.75 Å². The van der Waals surface area contributed by atoms with E-state index in [2.05, 4.69) is 10.3 Å². The molecule has 138 valence electrons. The summed E-state index contributed by atoms with van der Waals surface area (Å²) in [5.41, 5.74) is 1.36. The lowest BCUT2D eigenvalue weighted by molar-refractivity contribution is -0.127. The molecule has 0 saturated carbocycles. The minimum atomic E-state index is -0.622. The molecule has 0 saturated heterocycles. The van der Waals surface area contributed by atoms with Crippen LogP contribution >= 0.6 is 0 Å². The molecule has 1 aromatic heterocycles. The Morgan fingerprint density at radius 1 is 1.11 bits per heavy atom. The van der Waals surface area contributed by atoms with Gasteiger partial charge in [-0.1, -0.05) is 48.5 Å². The molecule has 3 aromatic rings. The van der Waals surface area contributed by atoms with E-state index in [4.69, 9.17) is 4.74 Å². The first-order valence-electron chi connectivity index (χ1n) is 8.75. The molecule has 0 spiro atoms. The van der Waals surface area contributed by atoms with Crippen LogP contribution in [0.2, 0.25) is 0 Å². The largest absolute Gasteiger partial charge is 0.481 e. The normalized spacial score (nSPS) is 11.6. The quantitative estimate of drug-likeness (QED) is 0.700. The summed E-state index contributed by atoms with van der Waals surface area (Å²) in [7, 11) is 0. The van der Waals surface area contributed by atoms with Crippen molar-refractivity contribution in [3.63, 3.8) is 0 Å². The molecule has 0 fully saturated rings. The number of carbonyl (C=O) groups excluding carboxylic acids is 1. The van der Waals surface area contributed by atoms with Crippen LogP contribution in [0.5, 0.6) is 5.75 Å². The highest BCUT2D eigenvalue weighted by Crippen LogP contribution is 2.13. The van der Waals surface area contributed by atoms with Crippen LogP contribution in [0.15, 0.2) is 77.9 Å². The summed E-state index contributed by atoms with van der Waals surface area (Å²) in [6.45, 7) is 2.34. The predicted octanol–water partition coefficient (Wildman–Crippen LogP) is 2.49. The van der Waals surface area contributed by atoms with E-state index >= 15 is 0 Å². The molecule has 0 aliphatic rings. The van der Waals surface area contributed by atoms with Gasteiger partial charge in [-0.15, -0.1) is 0 Å². The summed E-state index contributed by atoms with van der Waals surface area (Å²) in [5, 5.41) is 2.77. The number of ether oxygens (including phenoxy) is 1. The van der Waals surface area contributed by atoms with Crippen molar-refractivity contribution in [2.45, 2.75) is 19.6 Å². The second kappa shape index (κ2) is 8.80. The van der Waals surface area contributed by atoms with Crippen LogP contribution in [-0.4, -0.2) is 28.1 Å². The highest BCUT2D eigenvalue weighted by atomic mass is 16.5. The van der Waals surface area contributed by atoms with Gasteiger partial charge in [0.05, 0.1) is 12.0 Å². The molecular formula is C21H21N3O3. The molecule has 0 bridgehead atoms. The van der Waals surface area contributed by atoms with Crippen molar-refractivity contribution in [3.8, 4) is 17.0 Å². The zero-order valence-corrected chi connectivity index (χ0v) is 15.0. The van der Waals surface area contributed by atoms with Gasteiger partial charge in [0, 0.05) is 24.7 Å². The molecule has 1 amide bonds. The maximum absolute atomic E-state index is 12.2. The molecule has 1 heterocycles. The highest BCUT2D eigenvalue weighted by molar-refractivity contribution is 5.80. The third kappa shape index (κ3) is 5.04. The van der Waals surface area contributed by atoms with Crippen molar-refractivity contribution in [1.82, 2.24) is 14.9 Å². The molecule has 6 nitrogen and oxygen atoms in total. The maximum atomic E-state index is 12.2. The third-order valence-electron chi connectivity index (χ3n) is 4.03. The molecule has 1 unspecified atom stereocenters. The molecule has 0 aliphatic heterocycles. The number of amides is 1. The van der Waals surface area contributed by atoms with Crippen LogP contribution in [0.25, 0.3) is 11.3 Å². The maximum Gasteiger partial charge on any atom is 0.260 e. The number of hydrogen-bond acceptors (Lipinski definition) is 4. The standard InChI is InChI=1S/C21H21N3O3/c1-16(27-18-10-6-3-7-11-18)21(26)22-12-13-24-15-23-19(14-20(24)25)17-8-4-2-5-9-17/h2-11,14-16H,12-13H2,1H3,(H,22,26). The van der Waals surface area contributed by atoms with Gasteiger partial charge in [-0.25, -0.2) is 4.98 Å². The second-order valence-corrected chi connectivity index (χ2v) is 6.04. The Morgan fingerprint density at radius 2 is 1.78 bits per heavy atom. The molecule has 27 heavy (non-hydrogen) atoms. The van der Waals surface area contributed by atoms with Crippen molar-refractivity contribution in [2.75, 3.05) is 6.54 Å². The first kappa shape index (κ1) is 18.4. The van der Waals surface area contributed by atoms with Crippen molar-refractivity contribution in [1.29, 1.82) is 0 Å². The number of rotatable bonds is 7. The topological polar surface area (TPSA) is 73.2 Å². The van der Waals surface area contributed by atoms with Gasteiger partial charge in [-0.2, -0.15) is 0 Å². The zero-order chi connectivity index (χ0) is 19.1. The lowest BCUT2D eigenvalue weighted by atomic mass is 10.1. The number of nitrogens with one attached hydrogen (secondary N) is 1. The van der Waals surface area contributed by atoms with Gasteiger partial charge in [0.25, 0.3) is 11.5 Å². The molecule has 6 heteroatoms. The van der Waals surface area contributed by atoms with Gasteiger partial charge >= 0.3 is 0 Å². The Labute approximate surface area is 157 Å². The molecule has 3 rings (SSSR count). The summed E-state index contributed by atoms with van der Waals surface area (Å²) in [5.74, 6) is 0.401. The van der Waals surface area contributed by atoms with Gasteiger partial charge < -0.3 is 10.1 Å². The minimum Gasteiger partial charge on any atom is -0.481 e. The van der Waals surface area contributed by atoms with Crippen LogP contribution < -0.4 is 15.6 Å². The summed E-state index contributed by atoms with van der Waals surface area (Å²) in [6.07, 6.45) is 0.878. The summed E-state index contributed by atoms with van der Waals surface area (Å²) < 4.78 is 7.04. The van der Waals surface area contributed by atoms with Crippen LogP contribution in [0.1, 0.15) is 6.92 Å². The first-order valence-corrected chi connectivity index (χ1v) is 8.75. The third-order valence-corrected chi connectivity index (χ3v) is 4.03. The Balaban J connectivity index is 1.53. The zero-order valence-electron chi connectivity index (χ0n) is 15.0. The Morgan fingerprint density at radius 3 is 2.44 bits per heavy atom. The van der Waals surface area contributed by atoms with E-state index in [1.807, 2.05) is 48.5 Å². The van der Waals surface area contributed by atoms with Crippen LogP contribution in [-0.2, 0) is 11.3 Å². The van der Waals surface area contributed by atoms with Crippen molar-refractivity contribution in [2.24, 2.45) is 0 Å². The Kier molecular flexibility index (Phi) is 5.99. The van der Waals surface area contributed by atoms with Gasteiger partial charge in [-0.05, 0) is 19.1 Å². The lowest BCUT2D eigenvalue weighted by Gasteiger charge is -2.15. The number of benzene rings is 2. The molecule has 1 N–H and O–H groups in total. The van der Waals surface area contributed by atoms with E-state index in [1.54, 1.807) is 19.1 Å². The Bertz CT molecular complexity index is 940. The van der Waals surface area contributed by atoms with E-state index in [0.717, 1.165) is 5.56 Å². The van der Waals surface area contributed by atoms with Gasteiger partial charge in [0.2, 0.25) is 0 Å². The number of carbonyl (C=O) groups is 1. The molecule has 2 aromatic carbocycles. The fourth-order valence-corrected chi connectivity index (χ4v) is 2.56. The SMILES string of the molecule is CC(Oc1ccccc1)C(=O)NCCn1cnc(-c2ccccc2)cc1=O. The number of hydrogen-bond donors (Lipinski definition) is 1. The number of nitrogens with zero attached hydrogens (tertiary/aromatic N) is 2. The first-order chi connectivity index (χ1) is 13.1. The van der Waals surface area contributed by atoms with E-state index in [1.165, 1.54) is 17.0 Å². The van der Waals surface area contributed by atoms with Crippen LogP contribution in [0, 0.1) is 0 Å². The molecule has 0 radical (unpaired) electrons. The van der Waals surface area contributed by atoms with Crippen molar-refractivity contribution >= 4 is 5.91 Å². The average molecular weight is 363 g/mol. The van der Waals surface area contributed by atoms with Crippen molar-refractivity contribution in [3.05, 3.63) is 83.4 Å². The van der Waals surface area contributed by atoms with Crippen LogP contribution in [0.4, 0.5) is 0 Å². The van der Waals surface area contributed by atoms with Crippen LogP contribution in [0.3, 0.4) is 0 Å². The number of para-hydroxylation sites is 1. The number of aromatic nitrogens is 2. The lowest BCUT2D eigenvalue weighted by Crippen LogP contribution is -2.38. The highest BCUT2D eigenvalue weighted by Gasteiger charge is 2.14. The molecule has 1 atom stereocenters. The van der Waals surface area contributed by atoms with Gasteiger partial charge in [-0.3, -0.25) is 14.2 Å². The van der Waals surface area contributed by atoms with Gasteiger partial charge in [0.15, 0.2) is 6.10 Å². The average Bonchev–Trinajstić information content (AvgIpc) is 2.70. The smallest absolute Gasteiger partial charge is 0.260 e. The minimum absolute atomic E-state index is 0.160. The summed E-state index contributed by atoms with van der Waals surface area (Å²) in [4.78, 5) is 28.7. The Hall–Kier alpha value is -3.41. The summed E-state index contributed by atoms with van der Waals surface area (Å²) >= 11 is 0. The van der Waals surface area contributed by atoms with E-state index in [0.29, 0.717) is 24.5 Å². The summed E-state index contributed by atoms with van der Waals surface area (Å²) in [6, 6.07) is 20.2. The fourth-order valence-electron chi connectivity index (χ4n) is 2.56. The van der Waals surface area contributed by atoms with E-state index in [-0.39, 0.29) is 11.5 Å². The fraction of sp³-hybridized carbons (Fsp3) is 0.190. The van der Waals surface area contributed by atoms with Crippen molar-refractivity contribution < 1.29 is 9.53 Å². The predicted molar refractivity (Wildman–Crippen MR) is 103 cm³/mol. The molecular weight excluding hydrogens is 342 g/mol. The molecule has 0 aliphatic carbocycles. The van der Waals surface area contributed by atoms with E-state index in [9.17, 15) is 9.59 Å². The van der Waals surface area contributed by atoms with E-state index < -0.39 is 6.10 Å². The monoisotopic (exact) mass is 363 g/mol. The second-order valence-electron chi connectivity index (χ2n) is 6.04.